The third-order valence-corrected chi connectivity index (χ3v) is 3.56. The van der Waals surface area contributed by atoms with E-state index in [4.69, 9.17) is 5.73 Å². The first kappa shape index (κ1) is 15.0. The van der Waals surface area contributed by atoms with Crippen molar-refractivity contribution in [3.8, 4) is 0 Å². The highest BCUT2D eigenvalue weighted by Crippen LogP contribution is 2.24. The second kappa shape index (κ2) is 6.21. The molecule has 2 N–H and O–H groups in total. The summed E-state index contributed by atoms with van der Waals surface area (Å²) < 4.78 is 0. The van der Waals surface area contributed by atoms with Gasteiger partial charge in [-0.15, -0.1) is 12.4 Å². The van der Waals surface area contributed by atoms with Gasteiger partial charge >= 0.3 is 0 Å². The van der Waals surface area contributed by atoms with Crippen molar-refractivity contribution in [2.45, 2.75) is 32.9 Å². The molecule has 2 rings (SSSR count). The summed E-state index contributed by atoms with van der Waals surface area (Å²) in [5.41, 5.74) is 8.20. The maximum absolute atomic E-state index is 12.2. The van der Waals surface area contributed by atoms with Gasteiger partial charge in [-0.2, -0.15) is 0 Å². The lowest BCUT2D eigenvalue weighted by molar-refractivity contribution is -0.137. The van der Waals surface area contributed by atoms with Crippen LogP contribution in [0.15, 0.2) is 24.3 Å². The van der Waals surface area contributed by atoms with E-state index in [0.717, 1.165) is 13.0 Å². The van der Waals surface area contributed by atoms with Crippen LogP contribution in [0.4, 0.5) is 0 Å². The second-order valence-corrected chi connectivity index (χ2v) is 4.92. The summed E-state index contributed by atoms with van der Waals surface area (Å²) in [5.74, 6) is 0.0946. The Morgan fingerprint density at radius 3 is 2.67 bits per heavy atom. The Balaban J connectivity index is 0.00000162. The lowest BCUT2D eigenvalue weighted by Gasteiger charge is -2.36. The van der Waals surface area contributed by atoms with Crippen molar-refractivity contribution in [2.75, 3.05) is 6.54 Å². The van der Waals surface area contributed by atoms with Crippen molar-refractivity contribution in [2.24, 2.45) is 11.7 Å². The van der Waals surface area contributed by atoms with Gasteiger partial charge in [0, 0.05) is 25.0 Å². The molecule has 0 radical (unpaired) electrons. The van der Waals surface area contributed by atoms with E-state index in [9.17, 15) is 4.79 Å². The predicted molar refractivity (Wildman–Crippen MR) is 75.6 cm³/mol. The zero-order valence-electron chi connectivity index (χ0n) is 10.9. The molecule has 1 heterocycles. The number of hydrogen-bond acceptors (Lipinski definition) is 2. The Labute approximate surface area is 115 Å². The van der Waals surface area contributed by atoms with Crippen LogP contribution in [-0.2, 0) is 17.8 Å². The lowest BCUT2D eigenvalue weighted by Crippen LogP contribution is -2.46. The summed E-state index contributed by atoms with van der Waals surface area (Å²) in [6.07, 6.45) is 0.944. The van der Waals surface area contributed by atoms with E-state index in [1.54, 1.807) is 0 Å². The molecule has 1 amide bonds. The minimum Gasteiger partial charge on any atom is -0.335 e. The third-order valence-electron chi connectivity index (χ3n) is 3.56. The molecule has 3 nitrogen and oxygen atoms in total. The molecule has 0 spiro atoms. The Hall–Kier alpha value is -1.06. The van der Waals surface area contributed by atoms with Gasteiger partial charge in [-0.1, -0.05) is 31.2 Å². The summed E-state index contributed by atoms with van der Waals surface area (Å²) >= 11 is 0. The fourth-order valence-corrected chi connectivity index (χ4v) is 2.36. The summed E-state index contributed by atoms with van der Waals surface area (Å²) in [5, 5.41) is 0. The molecule has 18 heavy (non-hydrogen) atoms. The highest BCUT2D eigenvalue weighted by atomic mass is 35.5. The standard InChI is InChI=1S/C14H20N2O.ClH/c1-10(8-15)14(17)16-9-13-6-4-3-5-12(13)7-11(16)2;/h3-6,10-11H,7-9,15H2,1-2H3;1H. The Morgan fingerprint density at radius 2 is 2.06 bits per heavy atom. The van der Waals surface area contributed by atoms with Crippen LogP contribution in [0.1, 0.15) is 25.0 Å². The molecular weight excluding hydrogens is 248 g/mol. The van der Waals surface area contributed by atoms with Crippen LogP contribution in [0.2, 0.25) is 0 Å². The first-order valence-electron chi connectivity index (χ1n) is 6.20. The number of rotatable bonds is 2. The van der Waals surface area contributed by atoms with Crippen LogP contribution in [0, 0.1) is 5.92 Å². The molecule has 0 aliphatic carbocycles. The van der Waals surface area contributed by atoms with Crippen LogP contribution >= 0.6 is 12.4 Å². The van der Waals surface area contributed by atoms with Crippen LogP contribution in [-0.4, -0.2) is 23.4 Å². The molecule has 1 aromatic rings. The van der Waals surface area contributed by atoms with Gasteiger partial charge < -0.3 is 10.6 Å². The van der Waals surface area contributed by atoms with E-state index in [0.29, 0.717) is 6.54 Å². The largest absolute Gasteiger partial charge is 0.335 e. The highest BCUT2D eigenvalue weighted by molar-refractivity contribution is 5.85. The van der Waals surface area contributed by atoms with Gasteiger partial charge in [-0.25, -0.2) is 0 Å². The number of fused-ring (bicyclic) bond motifs is 1. The van der Waals surface area contributed by atoms with Crippen molar-refractivity contribution in [1.29, 1.82) is 0 Å². The van der Waals surface area contributed by atoms with Crippen molar-refractivity contribution in [3.63, 3.8) is 0 Å². The number of nitrogens with zero attached hydrogens (tertiary/aromatic N) is 1. The number of hydrogen-bond donors (Lipinski definition) is 1. The van der Waals surface area contributed by atoms with Crippen molar-refractivity contribution < 1.29 is 4.79 Å². The molecule has 0 saturated carbocycles. The summed E-state index contributed by atoms with van der Waals surface area (Å²) in [6, 6.07) is 8.62. The average molecular weight is 269 g/mol. The van der Waals surface area contributed by atoms with Crippen molar-refractivity contribution >= 4 is 18.3 Å². The number of halogens is 1. The number of nitrogens with two attached hydrogens (primary N) is 1. The molecule has 1 aliphatic rings. The van der Waals surface area contributed by atoms with E-state index in [2.05, 4.69) is 25.1 Å². The maximum Gasteiger partial charge on any atom is 0.227 e. The molecule has 1 aliphatic heterocycles. The quantitative estimate of drug-likeness (QED) is 0.892. The van der Waals surface area contributed by atoms with Gasteiger partial charge in [0.05, 0.1) is 0 Å². The zero-order chi connectivity index (χ0) is 12.4. The first-order valence-corrected chi connectivity index (χ1v) is 6.20. The van der Waals surface area contributed by atoms with Gasteiger partial charge in [0.1, 0.15) is 0 Å². The van der Waals surface area contributed by atoms with Crippen molar-refractivity contribution in [3.05, 3.63) is 35.4 Å². The molecule has 0 saturated heterocycles. The average Bonchev–Trinajstić information content (AvgIpc) is 2.36. The van der Waals surface area contributed by atoms with E-state index < -0.39 is 0 Å². The van der Waals surface area contributed by atoms with Crippen LogP contribution in [0.25, 0.3) is 0 Å². The molecule has 4 heteroatoms. The molecule has 0 bridgehead atoms. The summed E-state index contributed by atoms with van der Waals surface area (Å²) in [7, 11) is 0. The molecule has 1 aromatic carbocycles. The number of benzene rings is 1. The number of carbonyl (C=O) groups is 1. The van der Waals surface area contributed by atoms with Crippen molar-refractivity contribution in [1.82, 2.24) is 4.90 Å². The first-order chi connectivity index (χ1) is 8.13. The van der Waals surface area contributed by atoms with Crippen LogP contribution in [0.5, 0.6) is 0 Å². The topological polar surface area (TPSA) is 46.3 Å². The molecular formula is C14H21ClN2O. The third kappa shape index (κ3) is 2.85. The Morgan fingerprint density at radius 1 is 1.44 bits per heavy atom. The zero-order valence-corrected chi connectivity index (χ0v) is 11.7. The van der Waals surface area contributed by atoms with Crippen LogP contribution < -0.4 is 5.73 Å². The molecule has 100 valence electrons. The number of carbonyl (C=O) groups excluding carboxylic acids is 1. The summed E-state index contributed by atoms with van der Waals surface area (Å²) in [4.78, 5) is 14.2. The second-order valence-electron chi connectivity index (χ2n) is 4.92. The van der Waals surface area contributed by atoms with Crippen LogP contribution in [0.3, 0.4) is 0 Å². The van der Waals surface area contributed by atoms with Gasteiger partial charge in [0.2, 0.25) is 5.91 Å². The molecule has 0 aromatic heterocycles. The Bertz CT molecular complexity index is 422. The predicted octanol–water partition coefficient (Wildman–Crippen LogP) is 1.98. The SMILES string of the molecule is CC(CN)C(=O)N1Cc2ccccc2CC1C.Cl. The highest BCUT2D eigenvalue weighted by Gasteiger charge is 2.28. The van der Waals surface area contributed by atoms with E-state index in [1.807, 2.05) is 17.9 Å². The monoisotopic (exact) mass is 268 g/mol. The van der Waals surface area contributed by atoms with E-state index >= 15 is 0 Å². The lowest BCUT2D eigenvalue weighted by atomic mass is 9.94. The smallest absolute Gasteiger partial charge is 0.227 e. The molecule has 2 atom stereocenters. The van der Waals surface area contributed by atoms with Gasteiger partial charge in [-0.05, 0) is 24.5 Å². The number of amides is 1. The Kier molecular flexibility index (Phi) is 5.17. The molecule has 0 fully saturated rings. The van der Waals surface area contributed by atoms with E-state index in [-0.39, 0.29) is 30.3 Å². The summed E-state index contributed by atoms with van der Waals surface area (Å²) in [6.45, 7) is 5.15. The van der Waals surface area contributed by atoms with E-state index in [1.165, 1.54) is 11.1 Å². The van der Waals surface area contributed by atoms with Gasteiger partial charge in [-0.3, -0.25) is 4.79 Å². The molecule has 2 unspecified atom stereocenters. The maximum atomic E-state index is 12.2. The fraction of sp³-hybridized carbons (Fsp3) is 0.500. The van der Waals surface area contributed by atoms with Gasteiger partial charge in [0.15, 0.2) is 0 Å². The minimum atomic E-state index is -0.0808. The minimum absolute atomic E-state index is 0. The fourth-order valence-electron chi connectivity index (χ4n) is 2.36. The normalized spacial score (nSPS) is 19.7. The van der Waals surface area contributed by atoms with Gasteiger partial charge in [0.25, 0.3) is 0 Å².